The maximum absolute atomic E-state index is 12.1. The zero-order chi connectivity index (χ0) is 15.1. The number of nitrogens with one attached hydrogen (secondary N) is 2. The van der Waals surface area contributed by atoms with Gasteiger partial charge in [0.15, 0.2) is 5.52 Å². The van der Waals surface area contributed by atoms with Gasteiger partial charge in [-0.3, -0.25) is 0 Å². The monoisotopic (exact) mass is 297 g/mol. The van der Waals surface area contributed by atoms with Crippen molar-refractivity contribution in [3.8, 4) is 0 Å². The van der Waals surface area contributed by atoms with Crippen LogP contribution in [0.15, 0.2) is 29.6 Å². The topological polar surface area (TPSA) is 82.5 Å². The fourth-order valence-electron chi connectivity index (χ4n) is 3.51. The molecule has 3 aromatic rings. The van der Waals surface area contributed by atoms with Crippen LogP contribution < -0.4 is 10.1 Å². The van der Waals surface area contributed by atoms with Gasteiger partial charge in [0.25, 0.3) is 0 Å². The molecule has 0 aliphatic heterocycles. The number of hydrogen-bond acceptors (Lipinski definition) is 3. The van der Waals surface area contributed by atoms with Gasteiger partial charge >= 0.3 is 5.56 Å². The maximum Gasteiger partial charge on any atom is 0.344 e. The van der Waals surface area contributed by atoms with Gasteiger partial charge in [-0.25, -0.2) is 19.3 Å². The molecule has 0 atom stereocenters. The highest BCUT2D eigenvalue weighted by Gasteiger charge is 2.27. The lowest BCUT2D eigenvalue weighted by molar-refractivity contribution is -0.703. The van der Waals surface area contributed by atoms with Crippen molar-refractivity contribution in [3.05, 3.63) is 35.1 Å². The molecule has 0 radical (unpaired) electrons. The summed E-state index contributed by atoms with van der Waals surface area (Å²) >= 11 is 0. The van der Waals surface area contributed by atoms with Gasteiger partial charge in [0, 0.05) is 18.3 Å². The molecular weight excluding hydrogens is 280 g/mol. The molecule has 3 heterocycles. The molecule has 4 rings (SSSR count). The van der Waals surface area contributed by atoms with Gasteiger partial charge in [-0.1, -0.05) is 0 Å². The van der Waals surface area contributed by atoms with E-state index in [9.17, 15) is 9.59 Å². The Morgan fingerprint density at radius 2 is 2.00 bits per heavy atom. The van der Waals surface area contributed by atoms with Gasteiger partial charge in [-0.2, -0.15) is 0 Å². The van der Waals surface area contributed by atoms with Gasteiger partial charge in [-0.05, 0) is 31.7 Å². The van der Waals surface area contributed by atoms with Crippen molar-refractivity contribution in [1.29, 1.82) is 0 Å². The van der Waals surface area contributed by atoms with Crippen LogP contribution in [0.4, 0.5) is 0 Å². The number of pyridine rings is 1. The van der Waals surface area contributed by atoms with Crippen LogP contribution in [0.5, 0.6) is 0 Å². The van der Waals surface area contributed by atoms with Gasteiger partial charge in [-0.15, -0.1) is 0 Å². The number of aromatic amines is 2. The molecular formula is C16H17N4O2+. The summed E-state index contributed by atoms with van der Waals surface area (Å²) in [4.78, 5) is 33.3. The molecule has 0 unspecified atom stereocenters. The summed E-state index contributed by atoms with van der Waals surface area (Å²) in [5.74, 6) is 0.180. The van der Waals surface area contributed by atoms with Crippen molar-refractivity contribution < 1.29 is 9.36 Å². The molecule has 0 aromatic carbocycles. The summed E-state index contributed by atoms with van der Waals surface area (Å²) in [6, 6.07) is 2.26. The second-order valence-electron chi connectivity index (χ2n) is 5.97. The third-order valence-electron chi connectivity index (χ3n) is 4.72. The molecule has 1 aliphatic carbocycles. The Hall–Kier alpha value is -2.50. The predicted octanol–water partition coefficient (Wildman–Crippen LogP) is 1.62. The normalized spacial score (nSPS) is 22.2. The van der Waals surface area contributed by atoms with Crippen LogP contribution in [0.1, 0.15) is 31.7 Å². The van der Waals surface area contributed by atoms with Gasteiger partial charge in [0.2, 0.25) is 6.33 Å². The second kappa shape index (κ2) is 5.05. The van der Waals surface area contributed by atoms with Gasteiger partial charge in [0.05, 0.1) is 5.39 Å². The first kappa shape index (κ1) is 13.2. The minimum Gasteiger partial charge on any atom is -0.346 e. The highest BCUT2D eigenvalue weighted by Crippen LogP contribution is 2.29. The molecule has 1 aliphatic rings. The standard InChI is InChI=1S/C16H16N4O2/c21-8-10-1-3-11(4-2-10)20-9-19-16(22)13-7-18-15-12(14(13)20)5-6-17-15/h5-11H,1-4H2,(H,17,18,22)/p+1. The van der Waals surface area contributed by atoms with Gasteiger partial charge in [0.1, 0.15) is 23.4 Å². The largest absolute Gasteiger partial charge is 0.346 e. The number of carbonyl (C=O) groups is 1. The molecule has 6 nitrogen and oxygen atoms in total. The van der Waals surface area contributed by atoms with Crippen molar-refractivity contribution in [3.63, 3.8) is 0 Å². The van der Waals surface area contributed by atoms with Crippen LogP contribution in [-0.2, 0) is 4.79 Å². The van der Waals surface area contributed by atoms with Crippen LogP contribution in [0.25, 0.3) is 21.9 Å². The lowest BCUT2D eigenvalue weighted by atomic mass is 9.87. The van der Waals surface area contributed by atoms with Crippen LogP contribution in [-0.4, -0.2) is 21.2 Å². The number of carbonyl (C=O) groups excluding carboxylic acids is 1. The second-order valence-corrected chi connectivity index (χ2v) is 5.97. The summed E-state index contributed by atoms with van der Waals surface area (Å²) in [5, 5.41) is 1.56. The number of rotatable bonds is 2. The Bertz CT molecular complexity index is 903. The Morgan fingerprint density at radius 1 is 1.18 bits per heavy atom. The summed E-state index contributed by atoms with van der Waals surface area (Å²) in [5.41, 5.74) is 1.58. The molecule has 112 valence electrons. The van der Waals surface area contributed by atoms with E-state index in [0.717, 1.165) is 48.5 Å². The minimum absolute atomic E-state index is 0.122. The average Bonchev–Trinajstić information content (AvgIpc) is 3.04. The van der Waals surface area contributed by atoms with E-state index in [2.05, 4.69) is 19.5 Å². The molecule has 0 amide bonds. The SMILES string of the molecule is O=CC1CCC([n+]2c[nH]c(=O)c3cnc4[nH]ccc4c32)CC1. The zero-order valence-corrected chi connectivity index (χ0v) is 12.1. The van der Waals surface area contributed by atoms with E-state index >= 15 is 0 Å². The third kappa shape index (κ3) is 1.94. The molecule has 0 saturated heterocycles. The van der Waals surface area contributed by atoms with Crippen LogP contribution in [0.3, 0.4) is 0 Å². The first-order valence-electron chi connectivity index (χ1n) is 7.62. The first-order chi connectivity index (χ1) is 10.8. The van der Waals surface area contributed by atoms with E-state index in [1.54, 1.807) is 12.5 Å². The number of aromatic nitrogens is 4. The van der Waals surface area contributed by atoms with Crippen molar-refractivity contribution in [2.75, 3.05) is 0 Å². The lowest BCUT2D eigenvalue weighted by Crippen LogP contribution is -2.44. The Kier molecular flexibility index (Phi) is 3.03. The quantitative estimate of drug-likeness (QED) is 0.557. The first-order valence-corrected chi connectivity index (χ1v) is 7.62. The maximum atomic E-state index is 12.1. The van der Waals surface area contributed by atoms with E-state index in [-0.39, 0.29) is 11.5 Å². The summed E-state index contributed by atoms with van der Waals surface area (Å²) in [6.07, 6.45) is 10.0. The van der Waals surface area contributed by atoms with Crippen LogP contribution in [0, 0.1) is 5.92 Å². The van der Waals surface area contributed by atoms with E-state index in [1.165, 1.54) is 0 Å². The Labute approximate surface area is 126 Å². The molecule has 0 bridgehead atoms. The highest BCUT2D eigenvalue weighted by molar-refractivity contribution is 5.99. The van der Waals surface area contributed by atoms with Gasteiger partial charge < -0.3 is 9.78 Å². The Balaban J connectivity index is 1.90. The summed E-state index contributed by atoms with van der Waals surface area (Å²) in [6.45, 7) is 0. The third-order valence-corrected chi connectivity index (χ3v) is 4.72. The Morgan fingerprint density at radius 3 is 2.77 bits per heavy atom. The van der Waals surface area contributed by atoms with Crippen molar-refractivity contribution in [2.24, 2.45) is 5.92 Å². The van der Waals surface area contributed by atoms with Crippen LogP contribution >= 0.6 is 0 Å². The number of hydrogen-bond donors (Lipinski definition) is 2. The molecule has 6 heteroatoms. The van der Waals surface area contributed by atoms with Crippen molar-refractivity contribution >= 4 is 28.2 Å². The molecule has 22 heavy (non-hydrogen) atoms. The number of aldehydes is 1. The van der Waals surface area contributed by atoms with E-state index < -0.39 is 0 Å². The molecule has 1 saturated carbocycles. The minimum atomic E-state index is -0.122. The number of nitrogens with zero attached hydrogens (tertiary/aromatic N) is 2. The molecule has 2 N–H and O–H groups in total. The summed E-state index contributed by atoms with van der Waals surface area (Å²) < 4.78 is 2.15. The average molecular weight is 297 g/mol. The van der Waals surface area contributed by atoms with E-state index in [0.29, 0.717) is 11.4 Å². The van der Waals surface area contributed by atoms with Crippen molar-refractivity contribution in [1.82, 2.24) is 15.0 Å². The molecule has 0 spiro atoms. The predicted molar refractivity (Wildman–Crippen MR) is 81.5 cm³/mol. The fraction of sp³-hybridized carbons (Fsp3) is 0.375. The smallest absolute Gasteiger partial charge is 0.344 e. The van der Waals surface area contributed by atoms with Crippen LogP contribution in [0.2, 0.25) is 0 Å². The zero-order valence-electron chi connectivity index (χ0n) is 12.1. The van der Waals surface area contributed by atoms with Crippen molar-refractivity contribution in [2.45, 2.75) is 31.7 Å². The van der Waals surface area contributed by atoms with E-state index in [1.807, 2.05) is 12.3 Å². The fourth-order valence-corrected chi connectivity index (χ4v) is 3.51. The molecule has 3 aromatic heterocycles. The summed E-state index contributed by atoms with van der Waals surface area (Å²) in [7, 11) is 0. The lowest BCUT2D eigenvalue weighted by Gasteiger charge is -2.24. The number of fused-ring (bicyclic) bond motifs is 3. The number of H-pyrrole nitrogens is 2. The molecule has 1 fully saturated rings. The highest BCUT2D eigenvalue weighted by atomic mass is 16.1. The van der Waals surface area contributed by atoms with E-state index in [4.69, 9.17) is 0 Å².